The zero-order valence-corrected chi connectivity index (χ0v) is 13.9. The number of thioether (sulfide) groups is 1. The number of nitrogens with one attached hydrogen (secondary N) is 2. The van der Waals surface area contributed by atoms with Crippen LogP contribution in [0.2, 0.25) is 0 Å². The van der Waals surface area contributed by atoms with E-state index in [1.807, 2.05) is 13.8 Å². The topological polar surface area (TPSA) is 110 Å². The summed E-state index contributed by atoms with van der Waals surface area (Å²) in [6.45, 7) is 5.49. The summed E-state index contributed by atoms with van der Waals surface area (Å²) >= 11 is 2.46. The molecule has 2 aromatic heterocycles. The largest absolute Gasteiger partial charge is 0.361 e. The molecule has 118 valence electrons. The molecule has 0 atom stereocenters. The minimum atomic E-state index is -0.415. The number of carbonyl (C=O) groups excluding carboxylic acids is 2. The maximum Gasteiger partial charge on any atom is 0.279 e. The van der Waals surface area contributed by atoms with Gasteiger partial charge in [-0.3, -0.25) is 14.9 Å². The lowest BCUT2D eigenvalue weighted by atomic mass is 10.4. The SMILES string of the molecule is Cc1cc(C(=O)Nc2nnc(SCC(=O)NC(C)C)s2)no1. The summed E-state index contributed by atoms with van der Waals surface area (Å²) in [6.07, 6.45) is 0. The minimum absolute atomic E-state index is 0.0705. The van der Waals surface area contributed by atoms with E-state index in [0.717, 1.165) is 0 Å². The Labute approximate surface area is 135 Å². The molecule has 0 unspecified atom stereocenters. The van der Waals surface area contributed by atoms with Crippen LogP contribution in [0.3, 0.4) is 0 Å². The van der Waals surface area contributed by atoms with Crippen molar-refractivity contribution in [1.82, 2.24) is 20.7 Å². The zero-order chi connectivity index (χ0) is 16.1. The van der Waals surface area contributed by atoms with Gasteiger partial charge in [0, 0.05) is 12.1 Å². The highest BCUT2D eigenvalue weighted by Crippen LogP contribution is 2.25. The maximum absolute atomic E-state index is 11.9. The summed E-state index contributed by atoms with van der Waals surface area (Å²) in [5, 5.41) is 17.1. The molecule has 0 aromatic carbocycles. The van der Waals surface area contributed by atoms with Crippen LogP contribution >= 0.6 is 23.1 Å². The first kappa shape index (κ1) is 16.4. The normalized spacial score (nSPS) is 10.7. The van der Waals surface area contributed by atoms with E-state index in [9.17, 15) is 9.59 Å². The van der Waals surface area contributed by atoms with Crippen molar-refractivity contribution >= 4 is 40.0 Å². The average molecular weight is 341 g/mol. The number of aromatic nitrogens is 3. The van der Waals surface area contributed by atoms with Crippen molar-refractivity contribution in [3.63, 3.8) is 0 Å². The maximum atomic E-state index is 11.9. The second-order valence-corrected chi connectivity index (χ2v) is 6.86. The van der Waals surface area contributed by atoms with Crippen molar-refractivity contribution < 1.29 is 14.1 Å². The monoisotopic (exact) mass is 341 g/mol. The Morgan fingerprint density at radius 2 is 2.18 bits per heavy atom. The third-order valence-electron chi connectivity index (χ3n) is 2.26. The van der Waals surface area contributed by atoms with Crippen LogP contribution in [-0.2, 0) is 4.79 Å². The van der Waals surface area contributed by atoms with E-state index in [1.54, 1.807) is 6.92 Å². The van der Waals surface area contributed by atoms with E-state index in [1.165, 1.54) is 29.2 Å². The van der Waals surface area contributed by atoms with E-state index >= 15 is 0 Å². The Morgan fingerprint density at radius 1 is 1.41 bits per heavy atom. The number of aryl methyl sites for hydroxylation is 1. The standard InChI is InChI=1S/C12H15N5O3S2/c1-6(2)13-9(18)5-21-12-16-15-11(22-12)14-10(19)8-4-7(3)20-17-8/h4,6H,5H2,1-3H3,(H,13,18)(H,14,15,19). The molecule has 2 N–H and O–H groups in total. The van der Waals surface area contributed by atoms with Gasteiger partial charge in [0.05, 0.1) is 5.75 Å². The van der Waals surface area contributed by atoms with Crippen molar-refractivity contribution in [1.29, 1.82) is 0 Å². The van der Waals surface area contributed by atoms with Crippen molar-refractivity contribution in [3.8, 4) is 0 Å². The van der Waals surface area contributed by atoms with Crippen LogP contribution in [0.25, 0.3) is 0 Å². The number of rotatable bonds is 6. The lowest BCUT2D eigenvalue weighted by molar-refractivity contribution is -0.119. The molecule has 2 amide bonds. The van der Waals surface area contributed by atoms with Crippen LogP contribution in [0.5, 0.6) is 0 Å². The summed E-state index contributed by atoms with van der Waals surface area (Å²) in [6, 6.07) is 1.63. The van der Waals surface area contributed by atoms with Crippen molar-refractivity contribution in [2.75, 3.05) is 11.1 Å². The van der Waals surface area contributed by atoms with Gasteiger partial charge in [-0.2, -0.15) is 0 Å². The Bertz CT molecular complexity index is 667. The highest BCUT2D eigenvalue weighted by Gasteiger charge is 2.14. The fourth-order valence-corrected chi connectivity index (χ4v) is 3.00. The molecule has 0 aliphatic heterocycles. The third kappa shape index (κ3) is 4.81. The second kappa shape index (κ2) is 7.36. The molecule has 0 spiro atoms. The van der Waals surface area contributed by atoms with Gasteiger partial charge >= 0.3 is 0 Å². The molecule has 0 saturated heterocycles. The van der Waals surface area contributed by atoms with Crippen LogP contribution < -0.4 is 10.6 Å². The Balaban J connectivity index is 1.86. The van der Waals surface area contributed by atoms with E-state index in [2.05, 4.69) is 26.0 Å². The molecule has 0 radical (unpaired) electrons. The first-order valence-corrected chi connectivity index (χ1v) is 8.24. The molecule has 0 aliphatic rings. The van der Waals surface area contributed by atoms with Gasteiger partial charge in [0.1, 0.15) is 5.76 Å². The van der Waals surface area contributed by atoms with Gasteiger partial charge in [-0.05, 0) is 20.8 Å². The van der Waals surface area contributed by atoms with E-state index < -0.39 is 5.91 Å². The van der Waals surface area contributed by atoms with Gasteiger partial charge < -0.3 is 9.84 Å². The van der Waals surface area contributed by atoms with Gasteiger partial charge in [-0.1, -0.05) is 28.3 Å². The van der Waals surface area contributed by atoms with Crippen LogP contribution in [0.4, 0.5) is 5.13 Å². The molecule has 0 bridgehead atoms. The predicted octanol–water partition coefficient (Wildman–Crippen LogP) is 1.70. The van der Waals surface area contributed by atoms with Crippen molar-refractivity contribution in [2.45, 2.75) is 31.2 Å². The minimum Gasteiger partial charge on any atom is -0.361 e. The highest BCUT2D eigenvalue weighted by atomic mass is 32.2. The van der Waals surface area contributed by atoms with Crippen LogP contribution in [-0.4, -0.2) is 39.0 Å². The summed E-state index contributed by atoms with van der Waals surface area (Å²) in [7, 11) is 0. The Hall–Kier alpha value is -1.94. The van der Waals surface area contributed by atoms with Gasteiger partial charge in [0.25, 0.3) is 5.91 Å². The van der Waals surface area contributed by atoms with Gasteiger partial charge in [-0.15, -0.1) is 10.2 Å². The van der Waals surface area contributed by atoms with Crippen molar-refractivity contribution in [3.05, 3.63) is 17.5 Å². The number of anilines is 1. The first-order chi connectivity index (χ1) is 10.4. The number of hydrogen-bond acceptors (Lipinski definition) is 8. The third-order valence-corrected chi connectivity index (χ3v) is 4.24. The quantitative estimate of drug-likeness (QED) is 0.608. The average Bonchev–Trinajstić information content (AvgIpc) is 3.05. The van der Waals surface area contributed by atoms with E-state index in [4.69, 9.17) is 4.52 Å². The molecular weight excluding hydrogens is 326 g/mol. The Morgan fingerprint density at radius 3 is 2.82 bits per heavy atom. The predicted molar refractivity (Wildman–Crippen MR) is 83.1 cm³/mol. The smallest absolute Gasteiger partial charge is 0.279 e. The second-order valence-electron chi connectivity index (χ2n) is 4.66. The molecule has 2 heterocycles. The zero-order valence-electron chi connectivity index (χ0n) is 12.2. The molecule has 0 aliphatic carbocycles. The van der Waals surface area contributed by atoms with Crippen LogP contribution in [0.1, 0.15) is 30.1 Å². The van der Waals surface area contributed by atoms with E-state index in [-0.39, 0.29) is 23.4 Å². The molecule has 10 heteroatoms. The van der Waals surface area contributed by atoms with E-state index in [0.29, 0.717) is 15.2 Å². The Kier molecular flexibility index (Phi) is 5.50. The number of carbonyl (C=O) groups is 2. The highest BCUT2D eigenvalue weighted by molar-refractivity contribution is 8.01. The fraction of sp³-hybridized carbons (Fsp3) is 0.417. The van der Waals surface area contributed by atoms with Gasteiger partial charge in [0.2, 0.25) is 11.0 Å². The molecule has 2 aromatic rings. The molecule has 0 fully saturated rings. The molecule has 2 rings (SSSR count). The van der Waals surface area contributed by atoms with Gasteiger partial charge in [-0.25, -0.2) is 0 Å². The lowest BCUT2D eigenvalue weighted by Crippen LogP contribution is -2.31. The van der Waals surface area contributed by atoms with Gasteiger partial charge in [0.15, 0.2) is 10.0 Å². The lowest BCUT2D eigenvalue weighted by Gasteiger charge is -2.06. The summed E-state index contributed by atoms with van der Waals surface area (Å²) in [5.41, 5.74) is 0.179. The number of amides is 2. The molecular formula is C12H15N5O3S2. The summed E-state index contributed by atoms with van der Waals surface area (Å²) in [5.74, 6) is 0.319. The number of nitrogens with zero attached hydrogens (tertiary/aromatic N) is 3. The fourth-order valence-electron chi connectivity index (χ4n) is 1.44. The number of hydrogen-bond donors (Lipinski definition) is 2. The molecule has 22 heavy (non-hydrogen) atoms. The summed E-state index contributed by atoms with van der Waals surface area (Å²) < 4.78 is 5.44. The molecule has 0 saturated carbocycles. The molecule has 8 nitrogen and oxygen atoms in total. The first-order valence-electron chi connectivity index (χ1n) is 6.44. The van der Waals surface area contributed by atoms with Crippen LogP contribution in [0.15, 0.2) is 14.9 Å². The van der Waals surface area contributed by atoms with Crippen molar-refractivity contribution in [2.24, 2.45) is 0 Å². The van der Waals surface area contributed by atoms with Crippen LogP contribution in [0, 0.1) is 6.92 Å². The summed E-state index contributed by atoms with van der Waals surface area (Å²) in [4.78, 5) is 23.4.